The Labute approximate surface area is 121 Å². The van der Waals surface area contributed by atoms with Gasteiger partial charge in [-0.25, -0.2) is 14.4 Å². The number of rotatable bonds is 3. The molecule has 2 aromatic heterocycles. The first-order chi connectivity index (χ1) is 10.3. The normalized spacial score (nSPS) is 18.7. The maximum atomic E-state index is 14.1. The Bertz CT molecular complexity index is 615. The molecule has 1 aliphatic heterocycles. The highest BCUT2D eigenvalue weighted by Gasteiger charge is 2.19. The summed E-state index contributed by atoms with van der Waals surface area (Å²) in [4.78, 5) is 12.4. The molecule has 0 radical (unpaired) electrons. The number of ether oxygens (including phenoxy) is 1. The molecule has 3 heterocycles. The van der Waals surface area contributed by atoms with Crippen molar-refractivity contribution in [3.8, 4) is 11.3 Å². The van der Waals surface area contributed by atoms with E-state index in [1.807, 2.05) is 0 Å². The van der Waals surface area contributed by atoms with Crippen LogP contribution in [0.5, 0.6) is 0 Å². The first-order valence-corrected chi connectivity index (χ1v) is 6.68. The first-order valence-electron chi connectivity index (χ1n) is 6.68. The summed E-state index contributed by atoms with van der Waals surface area (Å²) in [6.45, 7) is 1.72. The molecule has 0 aliphatic carbocycles. The van der Waals surface area contributed by atoms with Crippen molar-refractivity contribution in [1.82, 2.24) is 20.3 Å². The minimum atomic E-state index is -0.549. The number of morpholine rings is 1. The summed E-state index contributed by atoms with van der Waals surface area (Å²) in [5.41, 5.74) is 0.801. The minimum Gasteiger partial charge on any atom is -0.392 e. The third-order valence-corrected chi connectivity index (χ3v) is 3.30. The predicted molar refractivity (Wildman–Crippen MR) is 72.7 cm³/mol. The van der Waals surface area contributed by atoms with Crippen molar-refractivity contribution in [3.63, 3.8) is 0 Å². The van der Waals surface area contributed by atoms with Crippen molar-refractivity contribution in [2.24, 2.45) is 0 Å². The Morgan fingerprint density at radius 1 is 1.33 bits per heavy atom. The van der Waals surface area contributed by atoms with Crippen molar-refractivity contribution in [2.45, 2.75) is 12.7 Å². The predicted octanol–water partition coefficient (Wildman–Crippen LogP) is 0.831. The second-order valence-electron chi connectivity index (χ2n) is 4.68. The van der Waals surface area contributed by atoms with Gasteiger partial charge in [0.2, 0.25) is 0 Å². The highest BCUT2D eigenvalue weighted by atomic mass is 19.1. The quantitative estimate of drug-likeness (QED) is 0.871. The van der Waals surface area contributed by atoms with Gasteiger partial charge in [0.15, 0.2) is 11.6 Å². The standard InChI is InChI=1S/C14H15FN4O2/c15-12-9(8-20)1-2-17-13(12)10-5-18-14(19-6-10)11-7-16-3-4-21-11/h1-2,5-6,11,16,20H,3-4,7-8H2. The number of aliphatic hydroxyl groups is 1. The number of nitrogens with zero attached hydrogens (tertiary/aromatic N) is 3. The van der Waals surface area contributed by atoms with Crippen LogP contribution in [0.15, 0.2) is 24.7 Å². The number of halogens is 1. The molecule has 1 aliphatic rings. The van der Waals surface area contributed by atoms with Gasteiger partial charge in [0.05, 0.1) is 13.2 Å². The molecule has 110 valence electrons. The Morgan fingerprint density at radius 3 is 2.81 bits per heavy atom. The molecule has 1 unspecified atom stereocenters. The average molecular weight is 290 g/mol. The summed E-state index contributed by atoms with van der Waals surface area (Å²) in [7, 11) is 0. The summed E-state index contributed by atoms with van der Waals surface area (Å²) in [5, 5.41) is 12.3. The minimum absolute atomic E-state index is 0.135. The van der Waals surface area contributed by atoms with Gasteiger partial charge < -0.3 is 15.2 Å². The fourth-order valence-corrected chi connectivity index (χ4v) is 2.16. The van der Waals surface area contributed by atoms with E-state index in [9.17, 15) is 4.39 Å². The van der Waals surface area contributed by atoms with Gasteiger partial charge >= 0.3 is 0 Å². The Balaban J connectivity index is 1.87. The molecule has 2 N–H and O–H groups in total. The molecule has 0 bridgehead atoms. The van der Waals surface area contributed by atoms with Crippen LogP contribution in [0.3, 0.4) is 0 Å². The molecule has 0 aromatic carbocycles. The molecule has 0 saturated carbocycles. The molecule has 1 fully saturated rings. The van der Waals surface area contributed by atoms with E-state index in [2.05, 4.69) is 20.3 Å². The Morgan fingerprint density at radius 2 is 2.14 bits per heavy atom. The van der Waals surface area contributed by atoms with Crippen LogP contribution in [0.1, 0.15) is 17.5 Å². The van der Waals surface area contributed by atoms with E-state index in [4.69, 9.17) is 9.84 Å². The summed E-state index contributed by atoms with van der Waals surface area (Å²) >= 11 is 0. The van der Waals surface area contributed by atoms with Gasteiger partial charge in [-0.05, 0) is 6.07 Å². The highest BCUT2D eigenvalue weighted by molar-refractivity contribution is 5.58. The van der Waals surface area contributed by atoms with Crippen molar-refractivity contribution >= 4 is 0 Å². The smallest absolute Gasteiger partial charge is 0.158 e. The third-order valence-electron chi connectivity index (χ3n) is 3.30. The largest absolute Gasteiger partial charge is 0.392 e. The lowest BCUT2D eigenvalue weighted by Crippen LogP contribution is -2.34. The maximum Gasteiger partial charge on any atom is 0.158 e. The van der Waals surface area contributed by atoms with Gasteiger partial charge in [-0.15, -0.1) is 0 Å². The zero-order chi connectivity index (χ0) is 14.7. The summed E-state index contributed by atoms with van der Waals surface area (Å²) in [5.74, 6) is 0.0107. The molecule has 1 saturated heterocycles. The topological polar surface area (TPSA) is 80.2 Å². The second kappa shape index (κ2) is 6.21. The Kier molecular flexibility index (Phi) is 4.14. The number of hydrogen-bond acceptors (Lipinski definition) is 6. The van der Waals surface area contributed by atoms with Crippen molar-refractivity contribution < 1.29 is 14.2 Å². The monoisotopic (exact) mass is 290 g/mol. The molecule has 0 amide bonds. The first kappa shape index (κ1) is 14.0. The van der Waals surface area contributed by atoms with E-state index >= 15 is 0 Å². The number of aliphatic hydroxyl groups excluding tert-OH is 1. The molecule has 2 aromatic rings. The SMILES string of the molecule is OCc1ccnc(-c2cnc(C3CNCCO3)nc2)c1F. The van der Waals surface area contributed by atoms with Crippen LogP contribution >= 0.6 is 0 Å². The van der Waals surface area contributed by atoms with Crippen molar-refractivity contribution in [1.29, 1.82) is 0 Å². The van der Waals surface area contributed by atoms with Gasteiger partial charge in [-0.3, -0.25) is 4.98 Å². The average Bonchev–Trinajstić information content (AvgIpc) is 2.56. The number of nitrogens with one attached hydrogen (secondary N) is 1. The molecular formula is C14H15FN4O2. The molecule has 6 nitrogen and oxygen atoms in total. The van der Waals surface area contributed by atoms with E-state index in [1.165, 1.54) is 24.7 Å². The van der Waals surface area contributed by atoms with Crippen molar-refractivity contribution in [2.75, 3.05) is 19.7 Å². The second-order valence-corrected chi connectivity index (χ2v) is 4.68. The van der Waals surface area contributed by atoms with E-state index in [1.54, 1.807) is 0 Å². The Hall–Kier alpha value is -1.96. The number of pyridine rings is 1. The third kappa shape index (κ3) is 2.90. The molecular weight excluding hydrogens is 275 g/mol. The summed E-state index contributed by atoms with van der Waals surface area (Å²) in [6.07, 6.45) is 4.31. The fraction of sp³-hybridized carbons (Fsp3) is 0.357. The lowest BCUT2D eigenvalue weighted by atomic mass is 10.1. The van der Waals surface area contributed by atoms with Crippen LogP contribution < -0.4 is 5.32 Å². The van der Waals surface area contributed by atoms with E-state index in [0.29, 0.717) is 24.5 Å². The highest BCUT2D eigenvalue weighted by Crippen LogP contribution is 2.22. The van der Waals surface area contributed by atoms with Crippen molar-refractivity contribution in [3.05, 3.63) is 41.9 Å². The van der Waals surface area contributed by atoms with Gasteiger partial charge in [-0.2, -0.15) is 0 Å². The van der Waals surface area contributed by atoms with Crippen LogP contribution in [0.2, 0.25) is 0 Å². The molecule has 7 heteroatoms. The molecule has 21 heavy (non-hydrogen) atoms. The van der Waals surface area contributed by atoms with Gasteiger partial charge in [0.1, 0.15) is 11.8 Å². The van der Waals surface area contributed by atoms with Gasteiger partial charge in [0, 0.05) is 42.8 Å². The van der Waals surface area contributed by atoms with E-state index in [0.717, 1.165) is 6.54 Å². The fourth-order valence-electron chi connectivity index (χ4n) is 2.16. The number of aromatic nitrogens is 3. The van der Waals surface area contributed by atoms with E-state index in [-0.39, 0.29) is 24.0 Å². The van der Waals surface area contributed by atoms with Crippen LogP contribution in [0, 0.1) is 5.82 Å². The molecule has 0 spiro atoms. The zero-order valence-corrected chi connectivity index (χ0v) is 11.3. The van der Waals surface area contributed by atoms with Crippen LogP contribution in [0.25, 0.3) is 11.3 Å². The molecule has 3 rings (SSSR count). The maximum absolute atomic E-state index is 14.1. The van der Waals surface area contributed by atoms with Crippen LogP contribution in [0.4, 0.5) is 4.39 Å². The van der Waals surface area contributed by atoms with E-state index < -0.39 is 5.82 Å². The van der Waals surface area contributed by atoms with Gasteiger partial charge in [-0.1, -0.05) is 0 Å². The van der Waals surface area contributed by atoms with Crippen LogP contribution in [-0.4, -0.2) is 39.8 Å². The number of hydrogen-bond donors (Lipinski definition) is 2. The molecule has 1 atom stereocenters. The lowest BCUT2D eigenvalue weighted by Gasteiger charge is -2.22. The lowest BCUT2D eigenvalue weighted by molar-refractivity contribution is 0.0221. The summed E-state index contributed by atoms with van der Waals surface area (Å²) in [6, 6.07) is 1.44. The van der Waals surface area contributed by atoms with Crippen LogP contribution in [-0.2, 0) is 11.3 Å². The summed E-state index contributed by atoms with van der Waals surface area (Å²) < 4.78 is 19.7. The van der Waals surface area contributed by atoms with Gasteiger partial charge in [0.25, 0.3) is 0 Å². The zero-order valence-electron chi connectivity index (χ0n) is 11.3.